The van der Waals surface area contributed by atoms with Crippen molar-refractivity contribution < 1.29 is 23.4 Å². The molecule has 51 heavy (non-hydrogen) atoms. The molecule has 0 aliphatic rings. The topological polar surface area (TPSA) is 144 Å². The Morgan fingerprint density at radius 1 is 1.10 bits per heavy atom. The van der Waals surface area contributed by atoms with E-state index in [9.17, 15) is 15.0 Å². The molecule has 15 heteroatoms. The third-order valence-electron chi connectivity index (χ3n) is 7.79. The van der Waals surface area contributed by atoms with E-state index in [4.69, 9.17) is 42.4 Å². The summed E-state index contributed by atoms with van der Waals surface area (Å²) in [6, 6.07) is 11.6. The van der Waals surface area contributed by atoms with Crippen LogP contribution in [0.15, 0.2) is 70.7 Å². The Bertz CT molecular complexity index is 1970. The molecule has 0 aliphatic carbocycles. The van der Waals surface area contributed by atoms with Crippen LogP contribution in [-0.4, -0.2) is 66.8 Å². The van der Waals surface area contributed by atoms with Gasteiger partial charge in [-0.25, -0.2) is 19.2 Å². The van der Waals surface area contributed by atoms with Gasteiger partial charge in [0, 0.05) is 26.0 Å². The summed E-state index contributed by atoms with van der Waals surface area (Å²) in [5.74, 6) is -2.16. The summed E-state index contributed by atoms with van der Waals surface area (Å²) < 4.78 is 32.7. The highest BCUT2D eigenvalue weighted by Gasteiger charge is 2.38. The molecule has 4 rings (SSSR count). The molecule has 0 radical (unpaired) electrons. The van der Waals surface area contributed by atoms with Crippen molar-refractivity contribution in [2.75, 3.05) is 45.1 Å². The Morgan fingerprint density at radius 2 is 1.80 bits per heavy atom. The first kappa shape index (κ1) is 38.8. The van der Waals surface area contributed by atoms with Gasteiger partial charge < -0.3 is 29.0 Å². The van der Waals surface area contributed by atoms with Crippen LogP contribution in [-0.2, 0) is 16.1 Å². The third kappa shape index (κ3) is 9.41. The van der Waals surface area contributed by atoms with Crippen molar-refractivity contribution >= 4 is 57.9 Å². The molecule has 0 spiro atoms. The summed E-state index contributed by atoms with van der Waals surface area (Å²) in [4.78, 5) is 42.8. The zero-order valence-electron chi connectivity index (χ0n) is 29.3. The number of nitrogens with one attached hydrogen (secondary N) is 2. The summed E-state index contributed by atoms with van der Waals surface area (Å²) in [5.41, 5.74) is 0.639. The van der Waals surface area contributed by atoms with Gasteiger partial charge in [0.05, 0.1) is 55.6 Å². The molecule has 0 bridgehead atoms. The average Bonchev–Trinajstić information content (AvgIpc) is 3.10. The average molecular weight is 741 g/mol. The lowest BCUT2D eigenvalue weighted by atomic mass is 9.80. The molecule has 2 aromatic carbocycles. The monoisotopic (exact) mass is 739 g/mol. The number of aliphatic imine (C=N–C) groups is 1. The van der Waals surface area contributed by atoms with Crippen LogP contribution in [0.25, 0.3) is 0 Å². The van der Waals surface area contributed by atoms with Crippen LogP contribution in [0.2, 0.25) is 10.0 Å². The van der Waals surface area contributed by atoms with Crippen molar-refractivity contribution in [1.29, 1.82) is 5.41 Å². The molecule has 0 saturated heterocycles. The van der Waals surface area contributed by atoms with Crippen LogP contribution in [0.1, 0.15) is 37.9 Å². The quantitative estimate of drug-likeness (QED) is 0.0973. The van der Waals surface area contributed by atoms with E-state index in [-0.39, 0.29) is 46.0 Å². The summed E-state index contributed by atoms with van der Waals surface area (Å²) in [6.07, 6.45) is 2.97. The predicted molar refractivity (Wildman–Crippen MR) is 198 cm³/mol. The minimum Gasteiger partial charge on any atom is -0.497 e. The second kappa shape index (κ2) is 17.3. The summed E-state index contributed by atoms with van der Waals surface area (Å²) in [5, 5.41) is 12.5. The predicted octanol–water partition coefficient (Wildman–Crippen LogP) is 7.00. The normalized spacial score (nSPS) is 12.6. The summed E-state index contributed by atoms with van der Waals surface area (Å²) >= 11 is 12.7. The van der Waals surface area contributed by atoms with Crippen LogP contribution in [0.5, 0.6) is 11.6 Å². The second-order valence-corrected chi connectivity index (χ2v) is 12.8. The maximum absolute atomic E-state index is 15.2. The van der Waals surface area contributed by atoms with E-state index in [0.717, 1.165) is 5.56 Å². The van der Waals surface area contributed by atoms with Crippen LogP contribution in [0.3, 0.4) is 0 Å². The number of anilines is 2. The standard InChI is InChI=1S/C36H40Cl2FN7O5/c1-8-51-35(48)30(40)29(31(20(2)3)43-28-17-41-36(45(4)5)44-33(28)50-7)32(22-11-14-25(38)26(39)15-22)42-27-16-23(37)19-46(34(27)47)18-21-9-12-24(49-6)13-10-21/h9-17,19-20,29,32,40,42H,8,18H2,1-7H3. The molecule has 0 saturated carbocycles. The Morgan fingerprint density at radius 3 is 2.39 bits per heavy atom. The number of carbonyl (C=O) groups is 1. The Kier molecular flexibility index (Phi) is 13.1. The molecule has 0 aliphatic heterocycles. The van der Waals surface area contributed by atoms with Gasteiger partial charge in [0.25, 0.3) is 5.56 Å². The number of benzene rings is 2. The fraction of sp³-hybridized carbons (Fsp3) is 0.333. The number of aromatic nitrogens is 3. The highest BCUT2D eigenvalue weighted by molar-refractivity contribution is 6.40. The van der Waals surface area contributed by atoms with Gasteiger partial charge >= 0.3 is 5.97 Å². The van der Waals surface area contributed by atoms with Gasteiger partial charge in [-0.15, -0.1) is 0 Å². The summed E-state index contributed by atoms with van der Waals surface area (Å²) in [7, 11) is 6.55. The number of nitrogens with zero attached hydrogens (tertiary/aromatic N) is 5. The first-order valence-corrected chi connectivity index (χ1v) is 16.7. The SMILES string of the molecule is CCOC(=O)C(=N)C(C(=Nc1cnc(N(C)C)nc1OC)C(C)C)C(Nc1cc(Cl)cn(Cc2ccc(OC)cc2)c1=O)c1ccc(Cl)c(F)c1. The van der Waals surface area contributed by atoms with Gasteiger partial charge in [0.15, 0.2) is 0 Å². The number of hydrogen-bond donors (Lipinski definition) is 2. The molecule has 12 nitrogen and oxygen atoms in total. The van der Waals surface area contributed by atoms with Crippen LogP contribution in [0.4, 0.5) is 21.7 Å². The van der Waals surface area contributed by atoms with Gasteiger partial charge in [0.2, 0.25) is 11.8 Å². The van der Waals surface area contributed by atoms with E-state index in [1.807, 2.05) is 26.0 Å². The maximum atomic E-state index is 15.2. The number of esters is 1. The number of ether oxygens (including phenoxy) is 3. The van der Waals surface area contributed by atoms with E-state index in [1.165, 1.54) is 42.3 Å². The van der Waals surface area contributed by atoms with Crippen LogP contribution < -0.4 is 25.2 Å². The number of rotatable bonds is 15. The number of hydrogen-bond acceptors (Lipinski definition) is 11. The number of carbonyl (C=O) groups excluding carboxylic acids is 1. The molecule has 270 valence electrons. The number of halogens is 3. The van der Waals surface area contributed by atoms with Gasteiger partial charge in [-0.3, -0.25) is 10.2 Å². The zero-order chi connectivity index (χ0) is 37.4. The summed E-state index contributed by atoms with van der Waals surface area (Å²) in [6.45, 7) is 5.43. The van der Waals surface area contributed by atoms with Crippen molar-refractivity contribution in [2.45, 2.75) is 33.4 Å². The molecule has 2 aromatic heterocycles. The fourth-order valence-corrected chi connectivity index (χ4v) is 5.64. The van der Waals surface area contributed by atoms with Gasteiger partial charge in [-0.05, 0) is 54.3 Å². The Hall–Kier alpha value is -5.01. The molecule has 2 atom stereocenters. The fourth-order valence-electron chi connectivity index (χ4n) is 5.29. The molecule has 2 heterocycles. The lowest BCUT2D eigenvalue weighted by Crippen LogP contribution is -2.41. The lowest BCUT2D eigenvalue weighted by Gasteiger charge is -2.32. The van der Waals surface area contributed by atoms with Gasteiger partial charge in [-0.1, -0.05) is 55.2 Å². The largest absolute Gasteiger partial charge is 0.497 e. The Labute approximate surface area is 305 Å². The van der Waals surface area contributed by atoms with Crippen molar-refractivity contribution in [3.63, 3.8) is 0 Å². The van der Waals surface area contributed by atoms with Crippen molar-refractivity contribution in [3.05, 3.63) is 98.3 Å². The highest BCUT2D eigenvalue weighted by Crippen LogP contribution is 2.36. The molecular formula is C36H40Cl2FN7O5. The van der Waals surface area contributed by atoms with E-state index in [1.54, 1.807) is 51.2 Å². The van der Waals surface area contributed by atoms with E-state index >= 15 is 4.39 Å². The molecular weight excluding hydrogens is 700 g/mol. The number of pyridine rings is 1. The molecule has 4 aromatic rings. The molecule has 2 unspecified atom stereocenters. The molecule has 0 amide bonds. The molecule has 2 N–H and O–H groups in total. The van der Waals surface area contributed by atoms with Crippen molar-refractivity contribution in [3.8, 4) is 11.6 Å². The minimum atomic E-state index is -1.24. The van der Waals surface area contributed by atoms with Gasteiger partial charge in [0.1, 0.15) is 28.7 Å². The zero-order valence-corrected chi connectivity index (χ0v) is 30.8. The molecule has 0 fully saturated rings. The van der Waals surface area contributed by atoms with Crippen LogP contribution in [0, 0.1) is 23.1 Å². The van der Waals surface area contributed by atoms with Crippen LogP contribution >= 0.6 is 23.2 Å². The van der Waals surface area contributed by atoms with E-state index in [2.05, 4.69) is 15.3 Å². The minimum absolute atomic E-state index is 0.00617. The smallest absolute Gasteiger partial charge is 0.352 e. The lowest BCUT2D eigenvalue weighted by molar-refractivity contribution is -0.135. The van der Waals surface area contributed by atoms with Gasteiger partial charge in [-0.2, -0.15) is 4.98 Å². The number of methoxy groups -OCH3 is 2. The first-order valence-electron chi connectivity index (χ1n) is 15.9. The van der Waals surface area contributed by atoms with E-state index < -0.39 is 40.9 Å². The first-order chi connectivity index (χ1) is 24.3. The van der Waals surface area contributed by atoms with Crippen molar-refractivity contribution in [2.24, 2.45) is 16.8 Å². The Balaban J connectivity index is 1.95. The maximum Gasteiger partial charge on any atom is 0.352 e. The second-order valence-electron chi connectivity index (χ2n) is 11.9. The highest BCUT2D eigenvalue weighted by atomic mass is 35.5. The third-order valence-corrected chi connectivity index (χ3v) is 8.31. The van der Waals surface area contributed by atoms with Crippen molar-refractivity contribution in [1.82, 2.24) is 14.5 Å². The van der Waals surface area contributed by atoms with E-state index in [0.29, 0.717) is 17.4 Å².